The lowest BCUT2D eigenvalue weighted by Gasteiger charge is -2.09. The van der Waals surface area contributed by atoms with Crippen molar-refractivity contribution in [1.29, 1.82) is 0 Å². The monoisotopic (exact) mass is 328 g/mol. The van der Waals surface area contributed by atoms with Crippen LogP contribution in [0.4, 0.5) is 11.4 Å². The van der Waals surface area contributed by atoms with Gasteiger partial charge < -0.3 is 10.6 Å². The number of para-hydroxylation sites is 1. The van der Waals surface area contributed by atoms with Gasteiger partial charge in [-0.2, -0.15) is 0 Å². The maximum Gasteiger partial charge on any atom is 0.228 e. The Morgan fingerprint density at radius 1 is 1.00 bits per heavy atom. The molecule has 1 aliphatic carbocycles. The number of carbonyl (C=O) groups is 2. The van der Waals surface area contributed by atoms with E-state index in [0.717, 1.165) is 16.9 Å². The molecular weight excluding hydrogens is 312 g/mol. The number of carbonyl (C=O) groups excluding carboxylic acids is 2. The highest BCUT2D eigenvalue weighted by molar-refractivity contribution is 6.30. The van der Waals surface area contributed by atoms with E-state index in [-0.39, 0.29) is 23.7 Å². The second-order valence-electron chi connectivity index (χ2n) is 5.75. The molecule has 1 fully saturated rings. The summed E-state index contributed by atoms with van der Waals surface area (Å²) in [6, 6.07) is 14.6. The lowest BCUT2D eigenvalue weighted by atomic mass is 10.2. The minimum absolute atomic E-state index is 0.107. The zero-order valence-corrected chi connectivity index (χ0v) is 13.4. The molecule has 0 radical (unpaired) electrons. The van der Waals surface area contributed by atoms with Crippen molar-refractivity contribution < 1.29 is 9.59 Å². The van der Waals surface area contributed by atoms with Gasteiger partial charge in [0.2, 0.25) is 11.8 Å². The molecule has 23 heavy (non-hydrogen) atoms. The molecule has 1 aliphatic rings. The maximum atomic E-state index is 12.3. The smallest absolute Gasteiger partial charge is 0.228 e. The van der Waals surface area contributed by atoms with Gasteiger partial charge in [0.15, 0.2) is 0 Å². The average Bonchev–Trinajstić information content (AvgIpc) is 3.32. The third-order valence-electron chi connectivity index (χ3n) is 3.95. The minimum atomic E-state index is -0.270. The van der Waals surface area contributed by atoms with E-state index in [1.807, 2.05) is 37.3 Å². The van der Waals surface area contributed by atoms with Crippen LogP contribution >= 0.6 is 11.6 Å². The van der Waals surface area contributed by atoms with E-state index in [1.54, 1.807) is 18.2 Å². The molecule has 0 aliphatic heterocycles. The fraction of sp³-hybridized carbons (Fsp3) is 0.222. The number of nitrogens with one attached hydrogen (secondary N) is 2. The first-order chi connectivity index (χ1) is 11.0. The van der Waals surface area contributed by atoms with Crippen molar-refractivity contribution in [2.24, 2.45) is 11.8 Å². The Kier molecular flexibility index (Phi) is 4.35. The van der Waals surface area contributed by atoms with Crippen LogP contribution in [0, 0.1) is 18.8 Å². The molecule has 2 amide bonds. The molecule has 118 valence electrons. The topological polar surface area (TPSA) is 58.2 Å². The van der Waals surface area contributed by atoms with Crippen LogP contribution in [0.5, 0.6) is 0 Å². The van der Waals surface area contributed by atoms with Crippen molar-refractivity contribution in [3.8, 4) is 0 Å². The van der Waals surface area contributed by atoms with E-state index in [2.05, 4.69) is 10.6 Å². The molecule has 2 atom stereocenters. The van der Waals surface area contributed by atoms with Gasteiger partial charge in [-0.15, -0.1) is 0 Å². The molecule has 2 aromatic carbocycles. The summed E-state index contributed by atoms with van der Waals surface area (Å²) < 4.78 is 0. The van der Waals surface area contributed by atoms with Gasteiger partial charge in [0.05, 0.1) is 11.8 Å². The third kappa shape index (κ3) is 3.71. The van der Waals surface area contributed by atoms with Crippen LogP contribution in [0.3, 0.4) is 0 Å². The van der Waals surface area contributed by atoms with E-state index in [9.17, 15) is 9.59 Å². The first-order valence-electron chi connectivity index (χ1n) is 7.47. The van der Waals surface area contributed by atoms with Gasteiger partial charge in [-0.25, -0.2) is 0 Å². The number of hydrogen-bond acceptors (Lipinski definition) is 2. The highest BCUT2D eigenvalue weighted by Gasteiger charge is 2.48. The van der Waals surface area contributed by atoms with Crippen molar-refractivity contribution in [2.75, 3.05) is 10.6 Å². The van der Waals surface area contributed by atoms with Crippen molar-refractivity contribution in [1.82, 2.24) is 0 Å². The van der Waals surface area contributed by atoms with Crippen LogP contribution in [0.2, 0.25) is 5.02 Å². The number of hydrogen-bond donors (Lipinski definition) is 2. The van der Waals surface area contributed by atoms with E-state index in [4.69, 9.17) is 11.6 Å². The zero-order valence-electron chi connectivity index (χ0n) is 12.7. The number of benzene rings is 2. The molecule has 0 aromatic heterocycles. The summed E-state index contributed by atoms with van der Waals surface area (Å²) in [6.07, 6.45) is 0.580. The van der Waals surface area contributed by atoms with Crippen molar-refractivity contribution >= 4 is 34.8 Å². The molecule has 1 saturated carbocycles. The molecule has 0 heterocycles. The first-order valence-corrected chi connectivity index (χ1v) is 7.85. The lowest BCUT2D eigenvalue weighted by Crippen LogP contribution is -2.20. The SMILES string of the molecule is Cc1cc(Cl)ccc1NC(=O)C1CC1C(=O)Nc1ccccc1. The Morgan fingerprint density at radius 2 is 1.65 bits per heavy atom. The summed E-state index contributed by atoms with van der Waals surface area (Å²) >= 11 is 5.90. The first kappa shape index (κ1) is 15.6. The molecule has 0 saturated heterocycles. The molecule has 2 N–H and O–H groups in total. The minimum Gasteiger partial charge on any atom is -0.326 e. The Balaban J connectivity index is 1.57. The number of rotatable bonds is 4. The fourth-order valence-electron chi connectivity index (χ4n) is 2.52. The summed E-state index contributed by atoms with van der Waals surface area (Å²) in [6.45, 7) is 1.88. The van der Waals surface area contributed by atoms with Gasteiger partial charge in [-0.1, -0.05) is 29.8 Å². The Morgan fingerprint density at radius 3 is 2.30 bits per heavy atom. The molecule has 0 spiro atoms. The predicted molar refractivity (Wildman–Crippen MR) is 91.5 cm³/mol. The number of aryl methyl sites for hydroxylation is 1. The normalized spacial score (nSPS) is 19.0. The van der Waals surface area contributed by atoms with Crippen molar-refractivity contribution in [2.45, 2.75) is 13.3 Å². The summed E-state index contributed by atoms with van der Waals surface area (Å²) in [5, 5.41) is 6.34. The molecule has 5 heteroatoms. The molecular formula is C18H17ClN2O2. The predicted octanol–water partition coefficient (Wildman–Crippen LogP) is 3.86. The van der Waals surface area contributed by atoms with E-state index >= 15 is 0 Å². The van der Waals surface area contributed by atoms with Gasteiger partial charge in [-0.3, -0.25) is 9.59 Å². The van der Waals surface area contributed by atoms with Gasteiger partial charge in [0.1, 0.15) is 0 Å². The molecule has 2 unspecified atom stereocenters. The van der Waals surface area contributed by atoms with E-state index in [0.29, 0.717) is 11.4 Å². The number of halogens is 1. The summed E-state index contributed by atoms with van der Waals surface area (Å²) in [5.74, 6) is -0.760. The van der Waals surface area contributed by atoms with Crippen LogP contribution in [0.1, 0.15) is 12.0 Å². The van der Waals surface area contributed by atoms with Gasteiger partial charge in [0, 0.05) is 16.4 Å². The maximum absolute atomic E-state index is 12.3. The Hall–Kier alpha value is -2.33. The fourth-order valence-corrected chi connectivity index (χ4v) is 2.75. The third-order valence-corrected chi connectivity index (χ3v) is 4.19. The quantitative estimate of drug-likeness (QED) is 0.895. The van der Waals surface area contributed by atoms with Gasteiger partial charge in [0.25, 0.3) is 0 Å². The summed E-state index contributed by atoms with van der Waals surface area (Å²) in [7, 11) is 0. The Labute approximate surface area is 139 Å². The van der Waals surface area contributed by atoms with Crippen LogP contribution in [-0.2, 0) is 9.59 Å². The van der Waals surface area contributed by atoms with E-state index in [1.165, 1.54) is 0 Å². The number of amides is 2. The molecule has 0 bridgehead atoms. The van der Waals surface area contributed by atoms with Crippen LogP contribution < -0.4 is 10.6 Å². The number of anilines is 2. The average molecular weight is 329 g/mol. The zero-order chi connectivity index (χ0) is 16.4. The molecule has 2 aromatic rings. The second kappa shape index (κ2) is 6.42. The van der Waals surface area contributed by atoms with Crippen LogP contribution in [0.15, 0.2) is 48.5 Å². The summed E-state index contributed by atoms with van der Waals surface area (Å²) in [4.78, 5) is 24.4. The highest BCUT2D eigenvalue weighted by Crippen LogP contribution is 2.40. The van der Waals surface area contributed by atoms with Crippen LogP contribution in [-0.4, -0.2) is 11.8 Å². The largest absolute Gasteiger partial charge is 0.326 e. The van der Waals surface area contributed by atoms with Crippen molar-refractivity contribution in [3.63, 3.8) is 0 Å². The van der Waals surface area contributed by atoms with Gasteiger partial charge in [-0.05, 0) is 49.2 Å². The molecule has 4 nitrogen and oxygen atoms in total. The molecule has 3 rings (SSSR count). The van der Waals surface area contributed by atoms with Crippen molar-refractivity contribution in [3.05, 3.63) is 59.1 Å². The second-order valence-corrected chi connectivity index (χ2v) is 6.19. The van der Waals surface area contributed by atoms with Gasteiger partial charge >= 0.3 is 0 Å². The van der Waals surface area contributed by atoms with Crippen LogP contribution in [0.25, 0.3) is 0 Å². The Bertz CT molecular complexity index is 746. The highest BCUT2D eigenvalue weighted by atomic mass is 35.5. The lowest BCUT2D eigenvalue weighted by molar-refractivity contribution is -0.122. The summed E-state index contributed by atoms with van der Waals surface area (Å²) in [5.41, 5.74) is 2.38. The van der Waals surface area contributed by atoms with E-state index < -0.39 is 0 Å². The standard InChI is InChI=1S/C18H17ClN2O2/c1-11-9-12(19)7-8-16(11)21-18(23)15-10-14(15)17(22)20-13-5-3-2-4-6-13/h2-9,14-15H,10H2,1H3,(H,20,22)(H,21,23).